The molecule has 3 atom stereocenters. The number of hydrogen-bond acceptors (Lipinski definition) is 7. The Labute approximate surface area is 177 Å². The van der Waals surface area contributed by atoms with Gasteiger partial charge in [0.15, 0.2) is 0 Å². The Hall–Kier alpha value is -3.48. The highest BCUT2D eigenvalue weighted by molar-refractivity contribution is 5.94. The highest BCUT2D eigenvalue weighted by Gasteiger charge is 2.30. The number of rotatable bonds is 12. The van der Waals surface area contributed by atoms with Crippen LogP contribution in [0.3, 0.4) is 0 Å². The van der Waals surface area contributed by atoms with Crippen molar-refractivity contribution in [3.63, 3.8) is 0 Å². The molecule has 170 valence electrons. The molecule has 7 N–H and O–H groups in total. The zero-order valence-electron chi connectivity index (χ0n) is 16.7. The van der Waals surface area contributed by atoms with E-state index < -0.39 is 54.3 Å². The number of carboxylic acids is 2. The summed E-state index contributed by atoms with van der Waals surface area (Å²) in [6.07, 6.45) is 3.67. The van der Waals surface area contributed by atoms with Gasteiger partial charge in [-0.3, -0.25) is 24.0 Å². The maximum Gasteiger partial charge on any atom is 0.322 e. The number of imidazole rings is 1. The molecule has 13 heteroatoms. The number of carboxylic acid groups (broad SMARTS) is 2. The van der Waals surface area contributed by atoms with Crippen molar-refractivity contribution in [3.05, 3.63) is 18.2 Å². The molecule has 1 aliphatic heterocycles. The van der Waals surface area contributed by atoms with E-state index in [-0.39, 0.29) is 19.3 Å². The average molecular weight is 438 g/mol. The molecule has 1 aromatic rings. The minimum atomic E-state index is -1.25. The van der Waals surface area contributed by atoms with Crippen molar-refractivity contribution in [1.82, 2.24) is 31.2 Å². The van der Waals surface area contributed by atoms with Gasteiger partial charge >= 0.3 is 11.9 Å². The molecule has 2 rings (SSSR count). The molecule has 0 saturated carbocycles. The zero-order chi connectivity index (χ0) is 22.8. The van der Waals surface area contributed by atoms with E-state index in [2.05, 4.69) is 31.2 Å². The molecule has 1 aromatic heterocycles. The van der Waals surface area contributed by atoms with Gasteiger partial charge in [-0.15, -0.1) is 0 Å². The SMILES string of the molecule is O=C(O)CCC(NC(=O)C1CCCN1)C(=O)NC(Cc1cnc[nH]1)C(=O)NCC(=O)O. The summed E-state index contributed by atoms with van der Waals surface area (Å²) in [6.45, 7) is 0.0286. The van der Waals surface area contributed by atoms with E-state index in [1.165, 1.54) is 12.5 Å². The van der Waals surface area contributed by atoms with Crippen LogP contribution in [0.5, 0.6) is 0 Å². The minimum absolute atomic E-state index is 0.0129. The van der Waals surface area contributed by atoms with Crippen LogP contribution in [-0.4, -0.2) is 81.1 Å². The smallest absolute Gasteiger partial charge is 0.322 e. The molecule has 0 spiro atoms. The van der Waals surface area contributed by atoms with Gasteiger partial charge in [0.05, 0.1) is 12.4 Å². The first-order chi connectivity index (χ1) is 14.8. The second-order valence-electron chi connectivity index (χ2n) is 7.10. The lowest BCUT2D eigenvalue weighted by molar-refractivity contribution is -0.138. The normalized spacial score (nSPS) is 17.4. The molecule has 0 aliphatic carbocycles. The Morgan fingerprint density at radius 2 is 1.87 bits per heavy atom. The fourth-order valence-corrected chi connectivity index (χ4v) is 3.10. The van der Waals surface area contributed by atoms with Gasteiger partial charge in [0.2, 0.25) is 17.7 Å². The summed E-state index contributed by atoms with van der Waals surface area (Å²) in [5.41, 5.74) is 0.511. The maximum absolute atomic E-state index is 12.8. The monoisotopic (exact) mass is 438 g/mol. The van der Waals surface area contributed by atoms with E-state index >= 15 is 0 Å². The molecule has 1 fully saturated rings. The summed E-state index contributed by atoms with van der Waals surface area (Å²) in [6, 6.07) is -2.82. The maximum atomic E-state index is 12.8. The van der Waals surface area contributed by atoms with Gasteiger partial charge in [0.25, 0.3) is 0 Å². The molecular weight excluding hydrogens is 412 g/mol. The second kappa shape index (κ2) is 11.6. The standard InChI is InChI=1S/C18H26N6O7/c25-14(26)4-3-12(23-17(30)11-2-1-5-20-11)18(31)24-13(6-10-7-19-9-22-10)16(29)21-8-15(27)28/h7,9,11-13,20H,1-6,8H2,(H,19,22)(H,21,29)(H,23,30)(H,24,31)(H,25,26)(H,27,28). The molecule has 31 heavy (non-hydrogen) atoms. The molecule has 0 bridgehead atoms. The van der Waals surface area contributed by atoms with Crippen LogP contribution in [0.4, 0.5) is 0 Å². The van der Waals surface area contributed by atoms with Gasteiger partial charge in [-0.2, -0.15) is 0 Å². The van der Waals surface area contributed by atoms with Crippen molar-refractivity contribution in [1.29, 1.82) is 0 Å². The van der Waals surface area contributed by atoms with Gasteiger partial charge in [0.1, 0.15) is 18.6 Å². The predicted octanol–water partition coefficient (Wildman–Crippen LogP) is -2.26. The Morgan fingerprint density at radius 3 is 2.45 bits per heavy atom. The first kappa shape index (κ1) is 23.8. The van der Waals surface area contributed by atoms with Crippen LogP contribution in [0.15, 0.2) is 12.5 Å². The molecule has 2 heterocycles. The zero-order valence-corrected chi connectivity index (χ0v) is 16.7. The summed E-state index contributed by atoms with van der Waals surface area (Å²) in [4.78, 5) is 66.0. The van der Waals surface area contributed by atoms with Crippen LogP contribution in [0.1, 0.15) is 31.4 Å². The largest absolute Gasteiger partial charge is 0.481 e. The Kier molecular flexibility index (Phi) is 8.94. The average Bonchev–Trinajstić information content (AvgIpc) is 3.42. The van der Waals surface area contributed by atoms with Crippen molar-refractivity contribution in [2.75, 3.05) is 13.1 Å². The van der Waals surface area contributed by atoms with Crippen molar-refractivity contribution in [3.8, 4) is 0 Å². The molecule has 3 unspecified atom stereocenters. The third-order valence-corrected chi connectivity index (χ3v) is 4.68. The molecule has 0 aromatic carbocycles. The number of amides is 3. The fraction of sp³-hybridized carbons (Fsp3) is 0.556. The molecule has 13 nitrogen and oxygen atoms in total. The first-order valence-electron chi connectivity index (χ1n) is 9.79. The third kappa shape index (κ3) is 8.04. The highest BCUT2D eigenvalue weighted by Crippen LogP contribution is 2.07. The van der Waals surface area contributed by atoms with Crippen molar-refractivity contribution >= 4 is 29.7 Å². The van der Waals surface area contributed by atoms with E-state index in [9.17, 15) is 24.0 Å². The van der Waals surface area contributed by atoms with E-state index in [1.807, 2.05) is 0 Å². The third-order valence-electron chi connectivity index (χ3n) is 4.68. The number of hydrogen-bond donors (Lipinski definition) is 7. The van der Waals surface area contributed by atoms with Crippen LogP contribution >= 0.6 is 0 Å². The van der Waals surface area contributed by atoms with Crippen molar-refractivity contribution < 1.29 is 34.2 Å². The van der Waals surface area contributed by atoms with Gasteiger partial charge in [-0.1, -0.05) is 0 Å². The van der Waals surface area contributed by atoms with Crippen LogP contribution in [0.25, 0.3) is 0 Å². The minimum Gasteiger partial charge on any atom is -0.481 e. The number of H-pyrrole nitrogens is 1. The Bertz CT molecular complexity index is 791. The molecule has 1 saturated heterocycles. The first-order valence-corrected chi connectivity index (χ1v) is 9.79. The highest BCUT2D eigenvalue weighted by atomic mass is 16.4. The number of nitrogens with zero attached hydrogens (tertiary/aromatic N) is 1. The number of carbonyl (C=O) groups is 5. The molecule has 1 aliphatic rings. The number of aromatic nitrogens is 2. The van der Waals surface area contributed by atoms with Crippen LogP contribution in [0.2, 0.25) is 0 Å². The summed E-state index contributed by atoms with van der Waals surface area (Å²) < 4.78 is 0. The van der Waals surface area contributed by atoms with Crippen molar-refractivity contribution in [2.24, 2.45) is 0 Å². The number of carbonyl (C=O) groups excluding carboxylic acids is 3. The van der Waals surface area contributed by atoms with Gasteiger partial charge in [0, 0.05) is 24.7 Å². The summed E-state index contributed by atoms with van der Waals surface area (Å²) in [5.74, 6) is -4.31. The van der Waals surface area contributed by atoms with Gasteiger partial charge in [-0.25, -0.2) is 4.98 Å². The quantitative estimate of drug-likeness (QED) is 0.188. The topological polar surface area (TPSA) is 203 Å². The number of aliphatic carboxylic acids is 2. The lowest BCUT2D eigenvalue weighted by Crippen LogP contribution is -2.56. The van der Waals surface area contributed by atoms with E-state index in [1.54, 1.807) is 0 Å². The molecule has 3 amide bonds. The summed E-state index contributed by atoms with van der Waals surface area (Å²) in [7, 11) is 0. The summed E-state index contributed by atoms with van der Waals surface area (Å²) in [5, 5.41) is 27.9. The van der Waals surface area contributed by atoms with E-state index in [0.29, 0.717) is 18.7 Å². The number of nitrogens with one attached hydrogen (secondary N) is 5. The number of aromatic amines is 1. The Balaban J connectivity index is 2.09. The molecule has 0 radical (unpaired) electrons. The fourth-order valence-electron chi connectivity index (χ4n) is 3.10. The van der Waals surface area contributed by atoms with Crippen molar-refractivity contribution in [2.45, 2.75) is 50.2 Å². The van der Waals surface area contributed by atoms with Crippen LogP contribution < -0.4 is 21.3 Å². The molecular formula is C18H26N6O7. The second-order valence-corrected chi connectivity index (χ2v) is 7.10. The lowest BCUT2D eigenvalue weighted by atomic mass is 10.1. The summed E-state index contributed by atoms with van der Waals surface area (Å²) >= 11 is 0. The van der Waals surface area contributed by atoms with Gasteiger partial charge < -0.3 is 36.5 Å². The Morgan fingerprint density at radius 1 is 1.10 bits per heavy atom. The van der Waals surface area contributed by atoms with Crippen LogP contribution in [0, 0.1) is 0 Å². The van der Waals surface area contributed by atoms with Crippen LogP contribution in [-0.2, 0) is 30.4 Å². The predicted molar refractivity (Wildman–Crippen MR) is 105 cm³/mol. The lowest BCUT2D eigenvalue weighted by Gasteiger charge is -2.23. The van der Waals surface area contributed by atoms with E-state index in [4.69, 9.17) is 10.2 Å². The van der Waals surface area contributed by atoms with Gasteiger partial charge in [-0.05, 0) is 25.8 Å². The van der Waals surface area contributed by atoms with E-state index in [0.717, 1.165) is 6.42 Å².